The standard InChI is InChI=1S/C37H68N6O2.ClH/c1-8-10-11-26-45-37-34(44-7)27-33(36-35(37)32(9-2)20-25-42-36)43-31(6)19-15-24-41-30(5)18-14-23-40-29(4)17-13-22-39-28(3)16-12-21-38;/h20,25,27-31,39-41,43H,8-19,21-24,26,38H2,1-7H3;1H. The highest BCUT2D eigenvalue weighted by molar-refractivity contribution is 5.99. The Hall–Kier alpha value is -1.84. The largest absolute Gasteiger partial charge is 0.493 e. The maximum Gasteiger partial charge on any atom is 0.170 e. The minimum Gasteiger partial charge on any atom is -0.493 e. The molecule has 6 N–H and O–H groups in total. The average molecular weight is 665 g/mol. The van der Waals surface area contributed by atoms with Gasteiger partial charge in [-0.25, -0.2) is 0 Å². The van der Waals surface area contributed by atoms with Crippen molar-refractivity contribution in [2.45, 2.75) is 143 Å². The Kier molecular flexibility index (Phi) is 23.1. The van der Waals surface area contributed by atoms with E-state index in [2.05, 4.69) is 74.9 Å². The van der Waals surface area contributed by atoms with E-state index in [0.29, 0.717) is 30.8 Å². The van der Waals surface area contributed by atoms with E-state index in [1.807, 2.05) is 6.20 Å². The number of fused-ring (bicyclic) bond motifs is 1. The molecule has 2 rings (SSSR count). The van der Waals surface area contributed by atoms with E-state index in [-0.39, 0.29) is 12.4 Å². The highest BCUT2D eigenvalue weighted by Gasteiger charge is 2.19. The number of rotatable bonds is 27. The summed E-state index contributed by atoms with van der Waals surface area (Å²) in [6, 6.07) is 6.15. The molecule has 4 atom stereocenters. The normalized spacial score (nSPS) is 14.0. The average Bonchev–Trinajstić information content (AvgIpc) is 3.04. The van der Waals surface area contributed by atoms with Crippen LogP contribution in [-0.4, -0.2) is 69.0 Å². The summed E-state index contributed by atoms with van der Waals surface area (Å²) in [4.78, 5) is 4.80. The van der Waals surface area contributed by atoms with Crippen LogP contribution in [0.15, 0.2) is 18.3 Å². The highest BCUT2D eigenvalue weighted by Crippen LogP contribution is 2.42. The van der Waals surface area contributed by atoms with E-state index >= 15 is 0 Å². The Morgan fingerprint density at radius 2 is 1.35 bits per heavy atom. The Bertz CT molecular complexity index is 1060. The number of ether oxygens (including phenoxy) is 2. The van der Waals surface area contributed by atoms with Crippen LogP contribution >= 0.6 is 12.4 Å². The van der Waals surface area contributed by atoms with Crippen molar-refractivity contribution in [3.63, 3.8) is 0 Å². The van der Waals surface area contributed by atoms with Gasteiger partial charge in [0.1, 0.15) is 0 Å². The second-order valence-corrected chi connectivity index (χ2v) is 13.0. The van der Waals surface area contributed by atoms with Crippen LogP contribution in [0.25, 0.3) is 10.9 Å². The minimum absolute atomic E-state index is 0. The number of aryl methyl sites for hydroxylation is 1. The van der Waals surface area contributed by atoms with E-state index in [1.54, 1.807) is 7.11 Å². The predicted molar refractivity (Wildman–Crippen MR) is 201 cm³/mol. The van der Waals surface area contributed by atoms with Crippen LogP contribution in [0.3, 0.4) is 0 Å². The molecule has 0 aliphatic heterocycles. The molecule has 1 aromatic heterocycles. The number of unbranched alkanes of at least 4 members (excludes halogenated alkanes) is 2. The summed E-state index contributed by atoms with van der Waals surface area (Å²) in [6.07, 6.45) is 15.5. The predicted octanol–water partition coefficient (Wildman–Crippen LogP) is 7.61. The van der Waals surface area contributed by atoms with E-state index in [4.69, 9.17) is 20.2 Å². The van der Waals surface area contributed by atoms with Crippen molar-refractivity contribution in [3.05, 3.63) is 23.9 Å². The van der Waals surface area contributed by atoms with E-state index < -0.39 is 0 Å². The lowest BCUT2D eigenvalue weighted by molar-refractivity contribution is 0.289. The highest BCUT2D eigenvalue weighted by atomic mass is 35.5. The summed E-state index contributed by atoms with van der Waals surface area (Å²) in [5, 5.41) is 15.9. The van der Waals surface area contributed by atoms with E-state index in [0.717, 1.165) is 92.8 Å². The molecule has 4 unspecified atom stereocenters. The summed E-state index contributed by atoms with van der Waals surface area (Å²) in [6.45, 7) is 18.2. The lowest BCUT2D eigenvalue weighted by atomic mass is 10.0. The van der Waals surface area contributed by atoms with E-state index in [1.165, 1.54) is 44.1 Å². The molecule has 9 heteroatoms. The third-order valence-electron chi connectivity index (χ3n) is 8.78. The number of hydrogen-bond acceptors (Lipinski definition) is 8. The fourth-order valence-electron chi connectivity index (χ4n) is 5.91. The number of anilines is 1. The van der Waals surface area contributed by atoms with Crippen molar-refractivity contribution in [2.24, 2.45) is 5.73 Å². The zero-order valence-corrected chi connectivity index (χ0v) is 31.1. The topological polar surface area (TPSA) is 105 Å². The van der Waals surface area contributed by atoms with Gasteiger partial charge in [0.15, 0.2) is 11.5 Å². The van der Waals surface area contributed by atoms with Crippen molar-refractivity contribution in [1.29, 1.82) is 0 Å². The van der Waals surface area contributed by atoms with Gasteiger partial charge < -0.3 is 36.5 Å². The summed E-state index contributed by atoms with van der Waals surface area (Å²) >= 11 is 0. The van der Waals surface area contributed by atoms with Crippen LogP contribution in [0.2, 0.25) is 0 Å². The molecule has 1 aromatic carbocycles. The molecular weight excluding hydrogens is 596 g/mol. The van der Waals surface area contributed by atoms with Gasteiger partial charge in [0.05, 0.1) is 30.3 Å². The fourth-order valence-corrected chi connectivity index (χ4v) is 5.91. The fraction of sp³-hybridized carbons (Fsp3) is 0.757. The maximum atomic E-state index is 6.32. The first-order chi connectivity index (χ1) is 21.8. The van der Waals surface area contributed by atoms with Crippen LogP contribution in [0.5, 0.6) is 11.5 Å². The van der Waals surface area contributed by atoms with Gasteiger partial charge in [0.25, 0.3) is 0 Å². The second kappa shape index (κ2) is 25.2. The molecule has 8 nitrogen and oxygen atoms in total. The first kappa shape index (κ1) is 42.2. The number of benzene rings is 1. The van der Waals surface area contributed by atoms with Gasteiger partial charge in [-0.3, -0.25) is 4.98 Å². The summed E-state index contributed by atoms with van der Waals surface area (Å²) in [5.41, 5.74) is 8.83. The van der Waals surface area contributed by atoms with Crippen LogP contribution < -0.4 is 36.5 Å². The summed E-state index contributed by atoms with van der Waals surface area (Å²) in [5.74, 6) is 1.60. The van der Waals surface area contributed by atoms with Crippen molar-refractivity contribution in [3.8, 4) is 11.5 Å². The van der Waals surface area contributed by atoms with Crippen LogP contribution in [0, 0.1) is 0 Å². The molecule has 46 heavy (non-hydrogen) atoms. The SMILES string of the molecule is CCCCCOc1c(OC)cc(NC(C)CCCNC(C)CCCNC(C)CCCNC(C)CCCN)c2nccc(CC)c12.Cl. The number of halogens is 1. The molecule has 0 amide bonds. The Morgan fingerprint density at radius 1 is 0.783 bits per heavy atom. The first-order valence-corrected chi connectivity index (χ1v) is 18.1. The minimum atomic E-state index is 0. The molecule has 0 spiro atoms. The number of aromatic nitrogens is 1. The van der Waals surface area contributed by atoms with Gasteiger partial charge in [-0.15, -0.1) is 12.4 Å². The van der Waals surface area contributed by atoms with Crippen molar-refractivity contribution >= 4 is 29.0 Å². The molecule has 266 valence electrons. The van der Waals surface area contributed by atoms with Gasteiger partial charge >= 0.3 is 0 Å². The molecule has 0 saturated heterocycles. The molecular formula is C37H69ClN6O2. The summed E-state index contributed by atoms with van der Waals surface area (Å²) in [7, 11) is 1.73. The lowest BCUT2D eigenvalue weighted by Gasteiger charge is -2.21. The third kappa shape index (κ3) is 15.8. The van der Waals surface area contributed by atoms with Crippen LogP contribution in [0.1, 0.15) is 118 Å². The smallest absolute Gasteiger partial charge is 0.170 e. The Morgan fingerprint density at radius 3 is 1.87 bits per heavy atom. The zero-order chi connectivity index (χ0) is 32.9. The summed E-state index contributed by atoms with van der Waals surface area (Å²) < 4.78 is 12.2. The van der Waals surface area contributed by atoms with Gasteiger partial charge in [-0.05, 0) is 130 Å². The Balaban J connectivity index is 0.0000106. The quantitative estimate of drug-likeness (QED) is 0.0622. The number of hydrogen-bond donors (Lipinski definition) is 5. The number of pyridine rings is 1. The van der Waals surface area contributed by atoms with Gasteiger partial charge in [0.2, 0.25) is 0 Å². The number of nitrogens with one attached hydrogen (secondary N) is 4. The molecule has 0 radical (unpaired) electrons. The van der Waals surface area contributed by atoms with E-state index in [9.17, 15) is 0 Å². The molecule has 0 aliphatic rings. The van der Waals surface area contributed by atoms with Crippen molar-refractivity contribution in [2.75, 3.05) is 45.2 Å². The molecule has 0 saturated carbocycles. The monoisotopic (exact) mass is 665 g/mol. The molecule has 0 fully saturated rings. The third-order valence-corrected chi connectivity index (χ3v) is 8.78. The van der Waals surface area contributed by atoms with Gasteiger partial charge in [0, 0.05) is 36.4 Å². The van der Waals surface area contributed by atoms with Crippen LogP contribution in [-0.2, 0) is 6.42 Å². The number of nitrogens with zero attached hydrogens (tertiary/aromatic N) is 1. The maximum absolute atomic E-state index is 6.32. The number of methoxy groups -OCH3 is 1. The van der Waals surface area contributed by atoms with Crippen molar-refractivity contribution in [1.82, 2.24) is 20.9 Å². The molecule has 0 aliphatic carbocycles. The van der Waals surface area contributed by atoms with Gasteiger partial charge in [-0.1, -0.05) is 26.7 Å². The molecule has 2 aromatic rings. The number of nitrogens with two attached hydrogens (primary N) is 1. The van der Waals surface area contributed by atoms with Crippen molar-refractivity contribution < 1.29 is 9.47 Å². The van der Waals surface area contributed by atoms with Gasteiger partial charge in [-0.2, -0.15) is 0 Å². The zero-order valence-electron chi connectivity index (χ0n) is 30.3. The molecule has 1 heterocycles. The second-order valence-electron chi connectivity index (χ2n) is 13.0. The lowest BCUT2D eigenvalue weighted by Crippen LogP contribution is -2.32. The molecule has 0 bridgehead atoms. The Labute approximate surface area is 287 Å². The first-order valence-electron chi connectivity index (χ1n) is 18.1. The van der Waals surface area contributed by atoms with Crippen LogP contribution in [0.4, 0.5) is 5.69 Å².